The Kier molecular flexibility index (Phi) is 4.44. The molecule has 1 aromatic heterocycles. The van der Waals surface area contributed by atoms with Gasteiger partial charge >= 0.3 is 5.97 Å². The van der Waals surface area contributed by atoms with Crippen LogP contribution in [0, 0.1) is 0 Å². The van der Waals surface area contributed by atoms with E-state index < -0.39 is 0 Å². The molecule has 0 unspecified atom stereocenters. The van der Waals surface area contributed by atoms with Gasteiger partial charge in [0.15, 0.2) is 0 Å². The average molecular weight is 242 g/mol. The minimum absolute atomic E-state index is 0.0776. The number of carbonyl (C=O) groups is 1. The summed E-state index contributed by atoms with van der Waals surface area (Å²) in [5, 5.41) is 6.24. The number of hydrogen-bond donors (Lipinski definition) is 1. The van der Waals surface area contributed by atoms with Crippen LogP contribution < -0.4 is 5.32 Å². The Balaban J connectivity index is 2.48. The zero-order chi connectivity index (χ0) is 12.2. The Morgan fingerprint density at radius 3 is 2.81 bits per heavy atom. The zero-order valence-electron chi connectivity index (χ0n) is 10.2. The molecule has 0 spiro atoms. The molecule has 90 valence electrons. The summed E-state index contributed by atoms with van der Waals surface area (Å²) in [5.41, 5.74) is 0.858. The number of nitrogens with one attached hydrogen (secondary N) is 1. The minimum Gasteiger partial charge on any atom is -0.469 e. The van der Waals surface area contributed by atoms with Crippen LogP contribution in [0.15, 0.2) is 5.38 Å². The second kappa shape index (κ2) is 5.41. The molecule has 4 nitrogen and oxygen atoms in total. The van der Waals surface area contributed by atoms with Crippen molar-refractivity contribution in [1.82, 2.24) is 10.3 Å². The van der Waals surface area contributed by atoms with Crippen molar-refractivity contribution in [3.05, 3.63) is 16.1 Å². The summed E-state index contributed by atoms with van der Waals surface area (Å²) in [6.45, 7) is 7.05. The quantitative estimate of drug-likeness (QED) is 0.817. The van der Waals surface area contributed by atoms with Crippen molar-refractivity contribution in [3.63, 3.8) is 0 Å². The highest BCUT2D eigenvalue weighted by Gasteiger charge is 2.11. The third-order valence-corrected chi connectivity index (χ3v) is 2.82. The van der Waals surface area contributed by atoms with Crippen molar-refractivity contribution in [2.45, 2.75) is 39.3 Å². The van der Waals surface area contributed by atoms with Gasteiger partial charge in [0.05, 0.1) is 19.2 Å². The molecule has 0 aromatic carbocycles. The summed E-state index contributed by atoms with van der Waals surface area (Å²) in [6.07, 6.45) is 0.252. The van der Waals surface area contributed by atoms with E-state index in [4.69, 9.17) is 0 Å². The Labute approximate surface area is 100 Å². The Morgan fingerprint density at radius 1 is 1.56 bits per heavy atom. The predicted molar refractivity (Wildman–Crippen MR) is 64.4 cm³/mol. The first-order valence-corrected chi connectivity index (χ1v) is 6.04. The second-order valence-corrected chi connectivity index (χ2v) is 5.53. The number of thiazole rings is 1. The second-order valence-electron chi connectivity index (χ2n) is 4.59. The van der Waals surface area contributed by atoms with Crippen molar-refractivity contribution >= 4 is 17.3 Å². The normalized spacial score (nSPS) is 11.5. The number of ether oxygens (including phenoxy) is 1. The van der Waals surface area contributed by atoms with Crippen molar-refractivity contribution in [3.8, 4) is 0 Å². The number of hydrogen-bond acceptors (Lipinski definition) is 5. The van der Waals surface area contributed by atoms with Gasteiger partial charge in [-0.05, 0) is 20.8 Å². The first-order chi connectivity index (χ1) is 7.40. The highest BCUT2D eigenvalue weighted by molar-refractivity contribution is 7.09. The maximum atomic E-state index is 11.0. The van der Waals surface area contributed by atoms with Crippen LogP contribution in [0.5, 0.6) is 0 Å². The zero-order valence-corrected chi connectivity index (χ0v) is 11.0. The SMILES string of the molecule is COC(=O)Cc1csc(CNC(C)(C)C)n1. The molecule has 0 fully saturated rings. The van der Waals surface area contributed by atoms with Gasteiger partial charge in [0.1, 0.15) is 5.01 Å². The lowest BCUT2D eigenvalue weighted by Crippen LogP contribution is -2.35. The molecular formula is C11H18N2O2S. The molecule has 0 saturated carbocycles. The first-order valence-electron chi connectivity index (χ1n) is 5.16. The van der Waals surface area contributed by atoms with Crippen LogP contribution in [0.4, 0.5) is 0 Å². The number of rotatable bonds is 4. The van der Waals surface area contributed by atoms with Crippen LogP contribution in [0.1, 0.15) is 31.5 Å². The largest absolute Gasteiger partial charge is 0.469 e. The van der Waals surface area contributed by atoms with E-state index in [0.717, 1.165) is 17.2 Å². The summed E-state index contributed by atoms with van der Waals surface area (Å²) >= 11 is 1.56. The molecule has 0 aliphatic carbocycles. The molecule has 16 heavy (non-hydrogen) atoms. The van der Waals surface area contributed by atoms with E-state index in [2.05, 4.69) is 35.8 Å². The molecule has 0 aliphatic rings. The summed E-state index contributed by atoms with van der Waals surface area (Å²) < 4.78 is 4.59. The third-order valence-electron chi connectivity index (χ3n) is 1.92. The average Bonchev–Trinajstić information content (AvgIpc) is 2.61. The Morgan fingerprint density at radius 2 is 2.25 bits per heavy atom. The molecule has 0 atom stereocenters. The number of nitrogens with zero attached hydrogens (tertiary/aromatic N) is 1. The molecule has 1 aromatic rings. The van der Waals surface area contributed by atoms with E-state index in [1.807, 2.05) is 5.38 Å². The van der Waals surface area contributed by atoms with Gasteiger partial charge in [0.2, 0.25) is 0 Å². The Bertz CT molecular complexity index is 355. The van der Waals surface area contributed by atoms with Gasteiger partial charge in [-0.25, -0.2) is 4.98 Å². The predicted octanol–water partition coefficient (Wildman–Crippen LogP) is 1.75. The van der Waals surface area contributed by atoms with Crippen molar-refractivity contribution in [1.29, 1.82) is 0 Å². The van der Waals surface area contributed by atoms with E-state index >= 15 is 0 Å². The summed E-state index contributed by atoms with van der Waals surface area (Å²) in [4.78, 5) is 15.4. The molecule has 1 N–H and O–H groups in total. The molecule has 0 aliphatic heterocycles. The fourth-order valence-electron chi connectivity index (χ4n) is 1.07. The van der Waals surface area contributed by atoms with Crippen LogP contribution in [0.2, 0.25) is 0 Å². The van der Waals surface area contributed by atoms with Gasteiger partial charge in [0.25, 0.3) is 0 Å². The summed E-state index contributed by atoms with van der Waals surface area (Å²) in [7, 11) is 1.39. The molecule has 1 heterocycles. The maximum absolute atomic E-state index is 11.0. The molecule has 0 bridgehead atoms. The van der Waals surface area contributed by atoms with E-state index in [-0.39, 0.29) is 17.9 Å². The molecule has 0 amide bonds. The van der Waals surface area contributed by atoms with Gasteiger partial charge in [-0.1, -0.05) is 0 Å². The molecule has 0 radical (unpaired) electrons. The van der Waals surface area contributed by atoms with Crippen LogP contribution in [0.3, 0.4) is 0 Å². The fraction of sp³-hybridized carbons (Fsp3) is 0.636. The van der Waals surface area contributed by atoms with Gasteiger partial charge in [-0.15, -0.1) is 11.3 Å². The topological polar surface area (TPSA) is 51.2 Å². The van der Waals surface area contributed by atoms with Crippen LogP contribution >= 0.6 is 11.3 Å². The number of methoxy groups -OCH3 is 1. The number of aromatic nitrogens is 1. The lowest BCUT2D eigenvalue weighted by Gasteiger charge is -2.19. The molecule has 1 rings (SSSR count). The van der Waals surface area contributed by atoms with E-state index in [9.17, 15) is 4.79 Å². The van der Waals surface area contributed by atoms with Crippen molar-refractivity contribution in [2.24, 2.45) is 0 Å². The molecular weight excluding hydrogens is 224 g/mol. The first kappa shape index (κ1) is 13.1. The van der Waals surface area contributed by atoms with E-state index in [0.29, 0.717) is 0 Å². The lowest BCUT2D eigenvalue weighted by molar-refractivity contribution is -0.139. The van der Waals surface area contributed by atoms with Crippen molar-refractivity contribution < 1.29 is 9.53 Å². The smallest absolute Gasteiger partial charge is 0.311 e. The third kappa shape index (κ3) is 4.72. The van der Waals surface area contributed by atoms with Crippen LogP contribution in [-0.4, -0.2) is 23.6 Å². The molecule has 5 heteroatoms. The number of esters is 1. The van der Waals surface area contributed by atoms with Crippen LogP contribution in [-0.2, 0) is 22.5 Å². The van der Waals surface area contributed by atoms with E-state index in [1.54, 1.807) is 11.3 Å². The van der Waals surface area contributed by atoms with E-state index in [1.165, 1.54) is 7.11 Å². The monoisotopic (exact) mass is 242 g/mol. The summed E-state index contributed by atoms with van der Waals surface area (Å²) in [5.74, 6) is -0.249. The van der Waals surface area contributed by atoms with Gasteiger partial charge in [0, 0.05) is 17.5 Å². The van der Waals surface area contributed by atoms with Gasteiger partial charge in [-0.3, -0.25) is 4.79 Å². The minimum atomic E-state index is -0.249. The molecule has 0 saturated heterocycles. The van der Waals surface area contributed by atoms with Gasteiger partial charge in [-0.2, -0.15) is 0 Å². The highest BCUT2D eigenvalue weighted by Crippen LogP contribution is 2.12. The maximum Gasteiger partial charge on any atom is 0.311 e. The standard InChI is InChI=1S/C11H18N2O2S/c1-11(2,3)12-6-9-13-8(7-16-9)5-10(14)15-4/h7,12H,5-6H2,1-4H3. The van der Waals surface area contributed by atoms with Gasteiger partial charge < -0.3 is 10.1 Å². The highest BCUT2D eigenvalue weighted by atomic mass is 32.1. The van der Waals surface area contributed by atoms with Crippen LogP contribution in [0.25, 0.3) is 0 Å². The lowest BCUT2D eigenvalue weighted by atomic mass is 10.1. The fourth-order valence-corrected chi connectivity index (χ4v) is 1.81. The van der Waals surface area contributed by atoms with Crippen molar-refractivity contribution in [2.75, 3.05) is 7.11 Å². The summed E-state index contributed by atoms with van der Waals surface area (Å²) in [6, 6.07) is 0. The number of carbonyl (C=O) groups excluding carboxylic acids is 1. The Hall–Kier alpha value is -0.940.